The van der Waals surface area contributed by atoms with Gasteiger partial charge < -0.3 is 24.8 Å². The van der Waals surface area contributed by atoms with Crippen molar-refractivity contribution in [2.75, 3.05) is 34.3 Å². The van der Waals surface area contributed by atoms with Gasteiger partial charge in [-0.1, -0.05) is 26.8 Å². The summed E-state index contributed by atoms with van der Waals surface area (Å²) in [5, 5.41) is 8.22. The fraction of sp³-hybridized carbons (Fsp3) is 0.481. The van der Waals surface area contributed by atoms with E-state index in [1.54, 1.807) is 18.4 Å². The third kappa shape index (κ3) is 5.54. The Kier molecular flexibility index (Phi) is 7.24. The zero-order chi connectivity index (χ0) is 25.3. The van der Waals surface area contributed by atoms with Crippen LogP contribution in [-0.2, 0) is 16.1 Å². The molecular weight excluding hydrogens is 460 g/mol. The molecule has 2 unspecified atom stereocenters. The number of hydrogen-bond donors (Lipinski definition) is 2. The summed E-state index contributed by atoms with van der Waals surface area (Å²) in [6, 6.07) is 6.18. The maximum atomic E-state index is 13.3. The van der Waals surface area contributed by atoms with Crippen LogP contribution in [0.1, 0.15) is 49.3 Å². The van der Waals surface area contributed by atoms with Crippen LogP contribution in [0.4, 0.5) is 0 Å². The van der Waals surface area contributed by atoms with Crippen molar-refractivity contribution in [3.05, 3.63) is 58.6 Å². The number of nitrogens with zero attached hydrogens (tertiary/aromatic N) is 2. The van der Waals surface area contributed by atoms with Crippen LogP contribution in [-0.4, -0.2) is 55.6 Å². The Labute approximate surface area is 211 Å². The molecule has 0 spiro atoms. The van der Waals surface area contributed by atoms with E-state index in [1.807, 2.05) is 31.1 Å². The lowest BCUT2D eigenvalue weighted by Crippen LogP contribution is -2.36. The summed E-state index contributed by atoms with van der Waals surface area (Å²) in [5.41, 5.74) is 3.59. The van der Waals surface area contributed by atoms with E-state index in [9.17, 15) is 9.59 Å². The maximum Gasteiger partial charge on any atom is 0.267 e. The average molecular weight is 497 g/mol. The SMILES string of the molecule is COC1=CC2CCn3c(C(=O)NCC(C)(C)C)cc(-c4cccs4)c3C2C=C1NC(=O)CN(C)C. The van der Waals surface area contributed by atoms with E-state index in [0.717, 1.165) is 29.1 Å². The monoisotopic (exact) mass is 496 g/mol. The van der Waals surface area contributed by atoms with E-state index >= 15 is 0 Å². The molecule has 0 saturated carbocycles. The Morgan fingerprint density at radius 3 is 2.66 bits per heavy atom. The highest BCUT2D eigenvalue weighted by Gasteiger charge is 2.37. The first-order chi connectivity index (χ1) is 16.6. The molecule has 2 aromatic heterocycles. The molecule has 1 aliphatic carbocycles. The second-order valence-electron chi connectivity index (χ2n) is 10.8. The molecule has 35 heavy (non-hydrogen) atoms. The molecule has 0 saturated heterocycles. The van der Waals surface area contributed by atoms with Gasteiger partial charge in [0.2, 0.25) is 5.91 Å². The van der Waals surface area contributed by atoms with Crippen molar-refractivity contribution >= 4 is 23.2 Å². The summed E-state index contributed by atoms with van der Waals surface area (Å²) in [6.45, 7) is 7.99. The molecule has 0 aromatic carbocycles. The van der Waals surface area contributed by atoms with Gasteiger partial charge in [-0.05, 0) is 61.5 Å². The topological polar surface area (TPSA) is 75.6 Å². The van der Waals surface area contributed by atoms with Gasteiger partial charge in [0.15, 0.2) is 0 Å². The second-order valence-corrected chi connectivity index (χ2v) is 11.7. The number of ether oxygens (including phenoxy) is 1. The summed E-state index contributed by atoms with van der Waals surface area (Å²) < 4.78 is 7.83. The van der Waals surface area contributed by atoms with Crippen LogP contribution in [0.2, 0.25) is 0 Å². The molecule has 188 valence electrons. The first-order valence-corrected chi connectivity index (χ1v) is 12.9. The van der Waals surface area contributed by atoms with E-state index in [0.29, 0.717) is 23.7 Å². The fourth-order valence-electron chi connectivity index (χ4n) is 4.77. The number of hydrogen-bond acceptors (Lipinski definition) is 5. The third-order valence-corrected chi connectivity index (χ3v) is 7.23. The summed E-state index contributed by atoms with van der Waals surface area (Å²) in [5.74, 6) is 0.813. The standard InChI is InChI=1S/C27H36N4O3S/c1-27(2,3)16-28-26(33)21-14-19(23-8-7-11-35-23)25-18-13-20(29-24(32)15-30(4)5)22(34-6)12-17(18)9-10-31(21)25/h7-8,11-14,17-18H,9-10,15-16H2,1-6H3,(H,28,33)(H,29,32). The van der Waals surface area contributed by atoms with E-state index in [2.05, 4.69) is 59.6 Å². The van der Waals surface area contributed by atoms with Gasteiger partial charge in [0, 0.05) is 35.1 Å². The van der Waals surface area contributed by atoms with E-state index in [4.69, 9.17) is 4.74 Å². The van der Waals surface area contributed by atoms with Crippen LogP contribution < -0.4 is 10.6 Å². The Morgan fingerprint density at radius 2 is 2.03 bits per heavy atom. The molecule has 0 fully saturated rings. The lowest BCUT2D eigenvalue weighted by Gasteiger charge is -2.35. The first-order valence-electron chi connectivity index (χ1n) is 12.1. The van der Waals surface area contributed by atoms with Gasteiger partial charge in [0.05, 0.1) is 19.4 Å². The lowest BCUT2D eigenvalue weighted by atomic mass is 9.79. The van der Waals surface area contributed by atoms with E-state index in [1.165, 1.54) is 0 Å². The normalized spacial score (nSPS) is 19.4. The van der Waals surface area contributed by atoms with Gasteiger partial charge in [0.1, 0.15) is 11.5 Å². The molecule has 3 heterocycles. The molecule has 2 aromatic rings. The Morgan fingerprint density at radius 1 is 1.26 bits per heavy atom. The van der Waals surface area contributed by atoms with Crippen LogP contribution in [0.3, 0.4) is 0 Å². The number of carbonyl (C=O) groups excluding carboxylic acids is 2. The minimum absolute atomic E-state index is 0.00177. The molecule has 1 aliphatic heterocycles. The predicted octanol–water partition coefficient (Wildman–Crippen LogP) is 4.20. The molecule has 2 atom stereocenters. The largest absolute Gasteiger partial charge is 0.495 e. The van der Waals surface area contributed by atoms with Gasteiger partial charge in [-0.25, -0.2) is 0 Å². The minimum atomic E-state index is -0.0884. The highest BCUT2D eigenvalue weighted by molar-refractivity contribution is 7.13. The quantitative estimate of drug-likeness (QED) is 0.602. The van der Waals surface area contributed by atoms with Crippen molar-refractivity contribution in [2.45, 2.75) is 39.7 Å². The van der Waals surface area contributed by atoms with Crippen molar-refractivity contribution < 1.29 is 14.3 Å². The first kappa shape index (κ1) is 25.3. The van der Waals surface area contributed by atoms with Crippen LogP contribution in [0.5, 0.6) is 0 Å². The maximum absolute atomic E-state index is 13.3. The number of carbonyl (C=O) groups is 2. The van der Waals surface area contributed by atoms with Gasteiger partial charge in [-0.3, -0.25) is 9.59 Å². The summed E-state index contributed by atoms with van der Waals surface area (Å²) in [4.78, 5) is 28.8. The molecular formula is C27H36N4O3S. The number of aromatic nitrogens is 1. The van der Waals surface area contributed by atoms with Crippen molar-refractivity contribution in [1.29, 1.82) is 0 Å². The minimum Gasteiger partial charge on any atom is -0.495 e. The highest BCUT2D eigenvalue weighted by atomic mass is 32.1. The van der Waals surface area contributed by atoms with Crippen molar-refractivity contribution in [3.63, 3.8) is 0 Å². The second kappa shape index (κ2) is 10.0. The number of nitrogens with one attached hydrogen (secondary N) is 2. The molecule has 4 rings (SSSR count). The lowest BCUT2D eigenvalue weighted by molar-refractivity contribution is -0.121. The zero-order valence-corrected chi connectivity index (χ0v) is 22.3. The molecule has 2 aliphatic rings. The van der Waals surface area contributed by atoms with E-state index in [-0.39, 0.29) is 35.6 Å². The smallest absolute Gasteiger partial charge is 0.267 e. The molecule has 0 bridgehead atoms. The Balaban J connectivity index is 1.75. The summed E-state index contributed by atoms with van der Waals surface area (Å²) >= 11 is 1.67. The van der Waals surface area contributed by atoms with Gasteiger partial charge >= 0.3 is 0 Å². The molecule has 0 radical (unpaired) electrons. The number of thiophene rings is 1. The van der Waals surface area contributed by atoms with Crippen LogP contribution >= 0.6 is 11.3 Å². The van der Waals surface area contributed by atoms with Crippen molar-refractivity contribution in [1.82, 2.24) is 20.1 Å². The van der Waals surface area contributed by atoms with Crippen LogP contribution in [0.25, 0.3) is 10.4 Å². The van der Waals surface area contributed by atoms with Gasteiger partial charge in [-0.15, -0.1) is 11.3 Å². The van der Waals surface area contributed by atoms with E-state index < -0.39 is 0 Å². The zero-order valence-electron chi connectivity index (χ0n) is 21.5. The molecule has 2 amide bonds. The number of likely N-dealkylation sites (N-methyl/N-ethyl adjacent to an activating group) is 1. The van der Waals surface area contributed by atoms with Gasteiger partial charge in [-0.2, -0.15) is 0 Å². The molecule has 8 heteroatoms. The number of fused-ring (bicyclic) bond motifs is 3. The Hall–Kier alpha value is -2.84. The van der Waals surface area contributed by atoms with Crippen molar-refractivity contribution in [2.24, 2.45) is 11.3 Å². The number of methoxy groups -OCH3 is 1. The average Bonchev–Trinajstić information content (AvgIpc) is 3.44. The number of rotatable bonds is 7. The number of allylic oxidation sites excluding steroid dienone is 2. The highest BCUT2D eigenvalue weighted by Crippen LogP contribution is 2.46. The van der Waals surface area contributed by atoms with Crippen LogP contribution in [0.15, 0.2) is 47.2 Å². The fourth-order valence-corrected chi connectivity index (χ4v) is 5.52. The van der Waals surface area contributed by atoms with Crippen molar-refractivity contribution in [3.8, 4) is 10.4 Å². The Bertz CT molecular complexity index is 1150. The third-order valence-electron chi connectivity index (χ3n) is 6.33. The number of amides is 2. The molecule has 2 N–H and O–H groups in total. The molecule has 7 nitrogen and oxygen atoms in total. The van der Waals surface area contributed by atoms with Crippen LogP contribution in [0, 0.1) is 11.3 Å². The summed E-state index contributed by atoms with van der Waals surface area (Å²) in [6.07, 6.45) is 5.12. The summed E-state index contributed by atoms with van der Waals surface area (Å²) in [7, 11) is 5.37. The van der Waals surface area contributed by atoms with Gasteiger partial charge in [0.25, 0.3) is 5.91 Å². The predicted molar refractivity (Wildman–Crippen MR) is 140 cm³/mol.